The Morgan fingerprint density at radius 2 is 1.93 bits per heavy atom. The Morgan fingerprint density at radius 1 is 1.29 bits per heavy atom. The summed E-state index contributed by atoms with van der Waals surface area (Å²) in [6, 6.07) is 10.8. The minimum Gasteiger partial charge on any atom is -0.198 e. The summed E-state index contributed by atoms with van der Waals surface area (Å²) in [6.45, 7) is 4.21. The van der Waals surface area contributed by atoms with Crippen molar-refractivity contribution in [1.29, 1.82) is 5.26 Å². The normalized spacial score (nSPS) is 12.1. The van der Waals surface area contributed by atoms with Gasteiger partial charge in [-0.15, -0.1) is 0 Å². The Kier molecular flexibility index (Phi) is 4.19. The van der Waals surface area contributed by atoms with Crippen LogP contribution in [0.4, 0.5) is 0 Å². The van der Waals surface area contributed by atoms with Gasteiger partial charge in [0, 0.05) is 0 Å². The van der Waals surface area contributed by atoms with Crippen molar-refractivity contribution in [3.05, 3.63) is 35.4 Å². The van der Waals surface area contributed by atoms with Gasteiger partial charge in [-0.3, -0.25) is 0 Å². The first-order chi connectivity index (χ1) is 6.76. The van der Waals surface area contributed by atoms with Crippen molar-refractivity contribution in [2.45, 2.75) is 33.1 Å². The van der Waals surface area contributed by atoms with E-state index in [2.05, 4.69) is 44.2 Å². The highest BCUT2D eigenvalue weighted by molar-refractivity contribution is 5.22. The summed E-state index contributed by atoms with van der Waals surface area (Å²) in [5.41, 5.74) is 2.55. The average Bonchev–Trinajstić information content (AvgIpc) is 2.20. The van der Waals surface area contributed by atoms with Crippen LogP contribution in [0, 0.1) is 24.2 Å². The summed E-state index contributed by atoms with van der Waals surface area (Å²) in [7, 11) is 0. The van der Waals surface area contributed by atoms with Crippen molar-refractivity contribution in [2.24, 2.45) is 5.92 Å². The van der Waals surface area contributed by atoms with Crippen molar-refractivity contribution < 1.29 is 0 Å². The van der Waals surface area contributed by atoms with Crippen molar-refractivity contribution in [3.63, 3.8) is 0 Å². The van der Waals surface area contributed by atoms with Crippen molar-refractivity contribution >= 4 is 0 Å². The predicted molar refractivity (Wildman–Crippen MR) is 58.9 cm³/mol. The lowest BCUT2D eigenvalue weighted by atomic mass is 9.96. The molecule has 0 radical (unpaired) electrons. The highest BCUT2D eigenvalue weighted by atomic mass is 14.3. The smallest absolute Gasteiger partial charge is 0.0659 e. The zero-order valence-corrected chi connectivity index (χ0v) is 8.96. The van der Waals surface area contributed by atoms with E-state index in [1.165, 1.54) is 11.1 Å². The van der Waals surface area contributed by atoms with Crippen LogP contribution < -0.4 is 0 Å². The second kappa shape index (κ2) is 5.44. The highest BCUT2D eigenvalue weighted by Crippen LogP contribution is 2.13. The van der Waals surface area contributed by atoms with Crippen LogP contribution in [0.5, 0.6) is 0 Å². The van der Waals surface area contributed by atoms with E-state index in [1.807, 2.05) is 0 Å². The largest absolute Gasteiger partial charge is 0.198 e. The lowest BCUT2D eigenvalue weighted by Crippen LogP contribution is -2.01. The van der Waals surface area contributed by atoms with Crippen LogP contribution in [0.2, 0.25) is 0 Å². The van der Waals surface area contributed by atoms with Crippen molar-refractivity contribution in [2.75, 3.05) is 0 Å². The molecule has 0 N–H and O–H groups in total. The fraction of sp³-hybridized carbons (Fsp3) is 0.462. The third-order valence-corrected chi connectivity index (χ3v) is 2.42. The molecule has 0 fully saturated rings. The Bertz CT molecular complexity index is 305. The minimum absolute atomic E-state index is 0.183. The summed E-state index contributed by atoms with van der Waals surface area (Å²) >= 11 is 0. The molecule has 0 heterocycles. The summed E-state index contributed by atoms with van der Waals surface area (Å²) in [5, 5.41) is 8.92. The van der Waals surface area contributed by atoms with E-state index in [4.69, 9.17) is 5.26 Å². The van der Waals surface area contributed by atoms with Gasteiger partial charge in [-0.25, -0.2) is 0 Å². The Labute approximate surface area is 86.4 Å². The molecule has 1 aromatic carbocycles. The van der Waals surface area contributed by atoms with Gasteiger partial charge in [0.25, 0.3) is 0 Å². The molecule has 0 saturated carbocycles. The first kappa shape index (κ1) is 10.8. The van der Waals surface area contributed by atoms with Crippen molar-refractivity contribution in [1.82, 2.24) is 0 Å². The monoisotopic (exact) mass is 187 g/mol. The molecule has 1 rings (SSSR count). The maximum Gasteiger partial charge on any atom is 0.0659 e. The molecule has 0 aromatic heterocycles. The van der Waals surface area contributed by atoms with E-state index >= 15 is 0 Å². The van der Waals surface area contributed by atoms with Gasteiger partial charge in [-0.1, -0.05) is 43.2 Å². The van der Waals surface area contributed by atoms with Gasteiger partial charge in [-0.05, 0) is 25.3 Å². The molecule has 1 heteroatoms. The Balaban J connectivity index is 2.59. The van der Waals surface area contributed by atoms with Gasteiger partial charge < -0.3 is 0 Å². The van der Waals surface area contributed by atoms with Gasteiger partial charge in [0.2, 0.25) is 0 Å². The molecule has 0 aliphatic carbocycles. The van der Waals surface area contributed by atoms with E-state index in [0.717, 1.165) is 19.3 Å². The lowest BCUT2D eigenvalue weighted by molar-refractivity contribution is 0.589. The fourth-order valence-corrected chi connectivity index (χ4v) is 1.57. The van der Waals surface area contributed by atoms with Crippen LogP contribution >= 0.6 is 0 Å². The zero-order chi connectivity index (χ0) is 10.4. The lowest BCUT2D eigenvalue weighted by Gasteiger charge is -2.07. The number of benzene rings is 1. The molecule has 0 bridgehead atoms. The Hall–Kier alpha value is -1.29. The van der Waals surface area contributed by atoms with Crippen LogP contribution in [-0.4, -0.2) is 0 Å². The van der Waals surface area contributed by atoms with E-state index < -0.39 is 0 Å². The van der Waals surface area contributed by atoms with Crippen LogP contribution in [0.25, 0.3) is 0 Å². The molecule has 1 unspecified atom stereocenters. The molecule has 0 aliphatic heterocycles. The maximum atomic E-state index is 8.92. The SMILES string of the molecule is CCCC(C#N)Cc1ccc(C)cc1. The summed E-state index contributed by atoms with van der Waals surface area (Å²) in [4.78, 5) is 0. The number of nitriles is 1. The third-order valence-electron chi connectivity index (χ3n) is 2.42. The van der Waals surface area contributed by atoms with Crippen LogP contribution in [-0.2, 0) is 6.42 Å². The zero-order valence-electron chi connectivity index (χ0n) is 8.96. The number of hydrogen-bond donors (Lipinski definition) is 0. The van der Waals surface area contributed by atoms with E-state index in [0.29, 0.717) is 0 Å². The molecule has 0 aliphatic rings. The number of aryl methyl sites for hydroxylation is 1. The molecule has 0 spiro atoms. The molecule has 0 saturated heterocycles. The molecule has 14 heavy (non-hydrogen) atoms. The first-order valence-corrected chi connectivity index (χ1v) is 5.21. The van der Waals surface area contributed by atoms with E-state index in [-0.39, 0.29) is 5.92 Å². The summed E-state index contributed by atoms with van der Waals surface area (Å²) < 4.78 is 0. The fourth-order valence-electron chi connectivity index (χ4n) is 1.57. The van der Waals surface area contributed by atoms with Crippen LogP contribution in [0.1, 0.15) is 30.9 Å². The summed E-state index contributed by atoms with van der Waals surface area (Å²) in [6.07, 6.45) is 2.99. The molecular weight excluding hydrogens is 170 g/mol. The summed E-state index contributed by atoms with van der Waals surface area (Å²) in [5.74, 6) is 0.183. The molecule has 0 amide bonds. The van der Waals surface area contributed by atoms with Crippen molar-refractivity contribution in [3.8, 4) is 6.07 Å². The highest BCUT2D eigenvalue weighted by Gasteiger charge is 2.06. The van der Waals surface area contributed by atoms with Crippen LogP contribution in [0.15, 0.2) is 24.3 Å². The molecular formula is C13H17N. The number of hydrogen-bond acceptors (Lipinski definition) is 1. The molecule has 1 atom stereocenters. The third kappa shape index (κ3) is 3.22. The first-order valence-electron chi connectivity index (χ1n) is 5.21. The Morgan fingerprint density at radius 3 is 2.43 bits per heavy atom. The maximum absolute atomic E-state index is 8.92. The van der Waals surface area contributed by atoms with Crippen LogP contribution in [0.3, 0.4) is 0 Å². The number of nitrogens with zero attached hydrogens (tertiary/aromatic N) is 1. The topological polar surface area (TPSA) is 23.8 Å². The van der Waals surface area contributed by atoms with E-state index in [1.54, 1.807) is 0 Å². The molecule has 74 valence electrons. The van der Waals surface area contributed by atoms with E-state index in [9.17, 15) is 0 Å². The van der Waals surface area contributed by atoms with Gasteiger partial charge in [0.15, 0.2) is 0 Å². The average molecular weight is 187 g/mol. The predicted octanol–water partition coefficient (Wildman–Crippen LogP) is 3.48. The standard InChI is InChI=1S/C13H17N/c1-3-4-13(10-14)9-12-7-5-11(2)6-8-12/h5-8,13H,3-4,9H2,1-2H3. The molecule has 1 nitrogen and oxygen atoms in total. The number of rotatable bonds is 4. The second-order valence-electron chi connectivity index (χ2n) is 3.80. The quantitative estimate of drug-likeness (QED) is 0.708. The minimum atomic E-state index is 0.183. The van der Waals surface area contributed by atoms with Gasteiger partial charge >= 0.3 is 0 Å². The van der Waals surface area contributed by atoms with Gasteiger partial charge in [-0.2, -0.15) is 5.26 Å². The van der Waals surface area contributed by atoms with Gasteiger partial charge in [0.1, 0.15) is 0 Å². The second-order valence-corrected chi connectivity index (χ2v) is 3.80. The van der Waals surface area contributed by atoms with Gasteiger partial charge in [0.05, 0.1) is 12.0 Å². The molecule has 1 aromatic rings.